The van der Waals surface area contributed by atoms with Gasteiger partial charge in [0.15, 0.2) is 0 Å². The Hall–Kier alpha value is -1.12. The van der Waals surface area contributed by atoms with Crippen LogP contribution in [0.25, 0.3) is 0 Å². The third kappa shape index (κ3) is 3.21. The van der Waals surface area contributed by atoms with Crippen LogP contribution in [-0.2, 0) is 6.42 Å². The molecular weight excluding hydrogens is 222 g/mol. The highest BCUT2D eigenvalue weighted by Crippen LogP contribution is 2.31. The summed E-state index contributed by atoms with van der Waals surface area (Å²) in [6.07, 6.45) is 4.32. The van der Waals surface area contributed by atoms with Gasteiger partial charge in [-0.15, -0.1) is 0 Å². The van der Waals surface area contributed by atoms with Crippen LogP contribution in [0.15, 0.2) is 42.0 Å². The number of hydrogen-bond donors (Lipinski definition) is 2. The summed E-state index contributed by atoms with van der Waals surface area (Å²) in [7, 11) is 0. The van der Waals surface area contributed by atoms with E-state index in [1.807, 2.05) is 0 Å². The van der Waals surface area contributed by atoms with Crippen molar-refractivity contribution in [3.63, 3.8) is 0 Å². The maximum atomic E-state index is 9.46. The van der Waals surface area contributed by atoms with E-state index in [0.29, 0.717) is 6.04 Å². The molecule has 0 aliphatic carbocycles. The molecule has 0 radical (unpaired) electrons. The van der Waals surface area contributed by atoms with Gasteiger partial charge >= 0.3 is 0 Å². The van der Waals surface area contributed by atoms with Crippen molar-refractivity contribution in [2.45, 2.75) is 32.7 Å². The standard InChI is InChI=1S/C16H23NO/c1-16(2,12-18)14-8-9-17-15(11-14)10-13-6-4-3-5-7-13/h3-8,15,17-18H,9-12H2,1-2H3. The Morgan fingerprint density at radius 1 is 1.28 bits per heavy atom. The van der Waals surface area contributed by atoms with Crippen LogP contribution in [0.3, 0.4) is 0 Å². The van der Waals surface area contributed by atoms with Gasteiger partial charge in [-0.3, -0.25) is 0 Å². The van der Waals surface area contributed by atoms with E-state index in [2.05, 4.69) is 55.6 Å². The highest BCUT2D eigenvalue weighted by Gasteiger charge is 2.26. The SMILES string of the molecule is CC(C)(CO)C1=CCNC(Cc2ccccc2)C1. The summed E-state index contributed by atoms with van der Waals surface area (Å²) in [5.74, 6) is 0. The predicted molar refractivity (Wildman–Crippen MR) is 75.5 cm³/mol. The molecule has 0 bridgehead atoms. The summed E-state index contributed by atoms with van der Waals surface area (Å²) in [4.78, 5) is 0. The van der Waals surface area contributed by atoms with Crippen molar-refractivity contribution in [2.75, 3.05) is 13.2 Å². The zero-order chi connectivity index (χ0) is 13.0. The smallest absolute Gasteiger partial charge is 0.0519 e. The zero-order valence-corrected chi connectivity index (χ0v) is 11.3. The number of rotatable bonds is 4. The maximum Gasteiger partial charge on any atom is 0.0519 e. The molecule has 2 nitrogen and oxygen atoms in total. The Balaban J connectivity index is 2.00. The normalized spacial score (nSPS) is 20.6. The van der Waals surface area contributed by atoms with Gasteiger partial charge in [0.2, 0.25) is 0 Å². The van der Waals surface area contributed by atoms with Crippen LogP contribution in [0.4, 0.5) is 0 Å². The van der Waals surface area contributed by atoms with E-state index in [1.54, 1.807) is 0 Å². The Morgan fingerprint density at radius 2 is 2.00 bits per heavy atom. The van der Waals surface area contributed by atoms with Crippen LogP contribution >= 0.6 is 0 Å². The van der Waals surface area contributed by atoms with E-state index < -0.39 is 0 Å². The van der Waals surface area contributed by atoms with E-state index in [-0.39, 0.29) is 12.0 Å². The van der Waals surface area contributed by atoms with Crippen molar-refractivity contribution < 1.29 is 5.11 Å². The van der Waals surface area contributed by atoms with Crippen molar-refractivity contribution in [2.24, 2.45) is 5.41 Å². The van der Waals surface area contributed by atoms with E-state index >= 15 is 0 Å². The molecule has 0 fully saturated rings. The minimum Gasteiger partial charge on any atom is -0.395 e. The number of hydrogen-bond acceptors (Lipinski definition) is 2. The number of aliphatic hydroxyl groups excluding tert-OH is 1. The van der Waals surface area contributed by atoms with Gasteiger partial charge in [0.05, 0.1) is 6.61 Å². The van der Waals surface area contributed by atoms with E-state index in [1.165, 1.54) is 11.1 Å². The Morgan fingerprint density at radius 3 is 2.67 bits per heavy atom. The summed E-state index contributed by atoms with van der Waals surface area (Å²) >= 11 is 0. The van der Waals surface area contributed by atoms with Gasteiger partial charge in [-0.25, -0.2) is 0 Å². The van der Waals surface area contributed by atoms with Crippen molar-refractivity contribution >= 4 is 0 Å². The molecule has 2 N–H and O–H groups in total. The minimum atomic E-state index is -0.0863. The molecule has 1 aliphatic heterocycles. The largest absolute Gasteiger partial charge is 0.395 e. The fraction of sp³-hybridized carbons (Fsp3) is 0.500. The van der Waals surface area contributed by atoms with Gasteiger partial charge in [-0.1, -0.05) is 55.8 Å². The van der Waals surface area contributed by atoms with E-state index in [4.69, 9.17) is 0 Å². The Labute approximate surface area is 110 Å². The summed E-state index contributed by atoms with van der Waals surface area (Å²) < 4.78 is 0. The van der Waals surface area contributed by atoms with Gasteiger partial charge in [0, 0.05) is 18.0 Å². The first-order chi connectivity index (χ1) is 8.62. The highest BCUT2D eigenvalue weighted by molar-refractivity contribution is 5.21. The predicted octanol–water partition coefficient (Wildman–Crippen LogP) is 2.54. The van der Waals surface area contributed by atoms with Gasteiger partial charge in [0.25, 0.3) is 0 Å². The molecule has 0 aromatic heterocycles. The second-order valence-electron chi connectivity index (χ2n) is 5.77. The third-order valence-electron chi connectivity index (χ3n) is 3.81. The average molecular weight is 245 g/mol. The molecular formula is C16H23NO. The van der Waals surface area contributed by atoms with Crippen LogP contribution < -0.4 is 5.32 Å². The lowest BCUT2D eigenvalue weighted by molar-refractivity contribution is 0.182. The van der Waals surface area contributed by atoms with Crippen LogP contribution in [0.2, 0.25) is 0 Å². The molecule has 0 amide bonds. The number of aliphatic hydroxyl groups is 1. The molecule has 18 heavy (non-hydrogen) atoms. The first-order valence-electron chi connectivity index (χ1n) is 6.69. The lowest BCUT2D eigenvalue weighted by Gasteiger charge is -2.33. The molecule has 2 heteroatoms. The van der Waals surface area contributed by atoms with Crippen LogP contribution in [0.5, 0.6) is 0 Å². The molecule has 1 aliphatic rings. The van der Waals surface area contributed by atoms with Gasteiger partial charge in [-0.05, 0) is 18.4 Å². The summed E-state index contributed by atoms with van der Waals surface area (Å²) in [5.41, 5.74) is 2.67. The first kappa shape index (κ1) is 13.3. The van der Waals surface area contributed by atoms with Gasteiger partial charge < -0.3 is 10.4 Å². The number of benzene rings is 1. The molecule has 1 heterocycles. The van der Waals surface area contributed by atoms with E-state index in [0.717, 1.165) is 19.4 Å². The topological polar surface area (TPSA) is 32.3 Å². The summed E-state index contributed by atoms with van der Waals surface area (Å²) in [5, 5.41) is 13.0. The van der Waals surface area contributed by atoms with Crippen LogP contribution in [-0.4, -0.2) is 24.3 Å². The molecule has 0 saturated heterocycles. The van der Waals surface area contributed by atoms with Gasteiger partial charge in [0.1, 0.15) is 0 Å². The second-order valence-corrected chi connectivity index (χ2v) is 5.77. The summed E-state index contributed by atoms with van der Waals surface area (Å²) in [6.45, 7) is 5.36. The van der Waals surface area contributed by atoms with E-state index in [9.17, 15) is 5.11 Å². The Bertz CT molecular complexity index is 408. The second kappa shape index (κ2) is 5.68. The van der Waals surface area contributed by atoms with Crippen molar-refractivity contribution in [1.82, 2.24) is 5.32 Å². The van der Waals surface area contributed by atoms with Crippen molar-refractivity contribution in [3.05, 3.63) is 47.5 Å². The molecule has 1 aromatic rings. The Kier molecular flexibility index (Phi) is 4.20. The number of nitrogens with one attached hydrogen (secondary N) is 1. The lowest BCUT2D eigenvalue weighted by atomic mass is 9.79. The third-order valence-corrected chi connectivity index (χ3v) is 3.81. The van der Waals surface area contributed by atoms with Crippen molar-refractivity contribution in [3.8, 4) is 0 Å². The van der Waals surface area contributed by atoms with Crippen molar-refractivity contribution in [1.29, 1.82) is 0 Å². The zero-order valence-electron chi connectivity index (χ0n) is 11.3. The molecule has 1 unspecified atom stereocenters. The molecule has 0 spiro atoms. The lowest BCUT2D eigenvalue weighted by Crippen LogP contribution is -2.38. The van der Waals surface area contributed by atoms with Crippen LogP contribution in [0.1, 0.15) is 25.8 Å². The average Bonchev–Trinajstić information content (AvgIpc) is 2.40. The molecule has 0 saturated carbocycles. The maximum absolute atomic E-state index is 9.46. The fourth-order valence-corrected chi connectivity index (χ4v) is 2.47. The van der Waals surface area contributed by atoms with Crippen LogP contribution in [0, 0.1) is 5.41 Å². The summed E-state index contributed by atoms with van der Waals surface area (Å²) in [6, 6.07) is 11.1. The monoisotopic (exact) mass is 245 g/mol. The highest BCUT2D eigenvalue weighted by atomic mass is 16.3. The molecule has 2 rings (SSSR count). The molecule has 1 atom stereocenters. The first-order valence-corrected chi connectivity index (χ1v) is 6.69. The molecule has 1 aromatic carbocycles. The van der Waals surface area contributed by atoms with Gasteiger partial charge in [-0.2, -0.15) is 0 Å². The quantitative estimate of drug-likeness (QED) is 0.799. The minimum absolute atomic E-state index is 0.0863. The fourth-order valence-electron chi connectivity index (χ4n) is 2.47. The molecule has 98 valence electrons.